The molecule has 4 rings (SSSR count). The van der Waals surface area contributed by atoms with Gasteiger partial charge in [-0.15, -0.1) is 0 Å². The van der Waals surface area contributed by atoms with Gasteiger partial charge in [0.2, 0.25) is 11.8 Å². The molecular formula is C21H22BrN7O2. The van der Waals surface area contributed by atoms with Gasteiger partial charge in [0.05, 0.1) is 0 Å². The molecule has 31 heavy (non-hydrogen) atoms. The molecule has 1 saturated heterocycles. The van der Waals surface area contributed by atoms with Crippen molar-refractivity contribution in [2.24, 2.45) is 0 Å². The third-order valence-corrected chi connectivity index (χ3v) is 5.65. The maximum Gasteiger partial charge on any atom is 0.249 e. The summed E-state index contributed by atoms with van der Waals surface area (Å²) in [5.74, 6) is -0.328. The summed E-state index contributed by atoms with van der Waals surface area (Å²) in [5.41, 5.74) is 8.64. The van der Waals surface area contributed by atoms with Gasteiger partial charge in [-0.3, -0.25) is 9.59 Å². The highest BCUT2D eigenvalue weighted by Gasteiger charge is 2.30. The van der Waals surface area contributed by atoms with E-state index in [0.717, 1.165) is 10.0 Å². The summed E-state index contributed by atoms with van der Waals surface area (Å²) in [7, 11) is 0. The van der Waals surface area contributed by atoms with Crippen molar-refractivity contribution < 1.29 is 9.59 Å². The number of aromatic nitrogens is 3. The van der Waals surface area contributed by atoms with Crippen LogP contribution in [0.2, 0.25) is 0 Å². The molecular weight excluding hydrogens is 462 g/mol. The van der Waals surface area contributed by atoms with Crippen molar-refractivity contribution >= 4 is 39.1 Å². The number of anilines is 2. The van der Waals surface area contributed by atoms with Gasteiger partial charge in [-0.05, 0) is 55.3 Å². The molecule has 0 radical (unpaired) electrons. The summed E-state index contributed by atoms with van der Waals surface area (Å²) in [5, 5.41) is 9.71. The van der Waals surface area contributed by atoms with Crippen LogP contribution in [-0.2, 0) is 9.59 Å². The Balaban J connectivity index is 1.30. The third kappa shape index (κ3) is 5.16. The number of halogens is 1. The highest BCUT2D eigenvalue weighted by molar-refractivity contribution is 9.10. The number of carbonyl (C=O) groups is 2. The Bertz CT molecular complexity index is 1040. The van der Waals surface area contributed by atoms with Crippen LogP contribution in [0.4, 0.5) is 11.4 Å². The smallest absolute Gasteiger partial charge is 0.249 e. The first-order valence-corrected chi connectivity index (χ1v) is 10.6. The molecule has 0 saturated carbocycles. The minimum Gasteiger partial charge on any atom is -0.325 e. The van der Waals surface area contributed by atoms with Gasteiger partial charge in [-0.2, -0.15) is 5.10 Å². The molecule has 1 aromatic heterocycles. The van der Waals surface area contributed by atoms with Crippen LogP contribution in [0.15, 0.2) is 65.7 Å². The first kappa shape index (κ1) is 21.2. The Morgan fingerprint density at radius 2 is 1.74 bits per heavy atom. The molecule has 0 aliphatic carbocycles. The van der Waals surface area contributed by atoms with E-state index in [2.05, 4.69) is 47.5 Å². The molecule has 0 bridgehead atoms. The molecule has 2 amide bonds. The van der Waals surface area contributed by atoms with Gasteiger partial charge in [-0.25, -0.2) is 20.5 Å². The van der Waals surface area contributed by atoms with Crippen molar-refractivity contribution in [1.82, 2.24) is 25.6 Å². The molecule has 0 spiro atoms. The lowest BCUT2D eigenvalue weighted by atomic mass is 10.0. The lowest BCUT2D eigenvalue weighted by Gasteiger charge is -2.13. The van der Waals surface area contributed by atoms with Crippen LogP contribution in [0.5, 0.6) is 0 Å². The van der Waals surface area contributed by atoms with Gasteiger partial charge in [0.1, 0.15) is 24.7 Å². The number of amides is 2. The molecule has 160 valence electrons. The summed E-state index contributed by atoms with van der Waals surface area (Å²) >= 11 is 3.43. The number of benzene rings is 2. The van der Waals surface area contributed by atoms with Crippen LogP contribution in [0.1, 0.15) is 31.0 Å². The molecule has 3 aromatic rings. The molecule has 10 heteroatoms. The standard InChI is InChI=1S/C21H22BrN7O2/c1-13(29-12-23-11-24-29)20(30)25-16-6-8-17(9-7-16)26-21(31)19-10-18(27-28-19)14-2-4-15(22)5-3-14/h2-9,11-13,18-19,27-28H,10H2,1H3,(H,25,30)(H,26,31). The van der Waals surface area contributed by atoms with Crippen LogP contribution in [0.25, 0.3) is 0 Å². The molecule has 3 unspecified atom stereocenters. The van der Waals surface area contributed by atoms with Crippen LogP contribution in [0.3, 0.4) is 0 Å². The van der Waals surface area contributed by atoms with Crippen LogP contribution in [-0.4, -0.2) is 32.6 Å². The van der Waals surface area contributed by atoms with Gasteiger partial charge in [-0.1, -0.05) is 28.1 Å². The molecule has 3 atom stereocenters. The van der Waals surface area contributed by atoms with Crippen molar-refractivity contribution in [1.29, 1.82) is 0 Å². The molecule has 4 N–H and O–H groups in total. The average Bonchev–Trinajstić information content (AvgIpc) is 3.48. The van der Waals surface area contributed by atoms with Crippen LogP contribution < -0.4 is 21.5 Å². The number of nitrogens with zero attached hydrogens (tertiary/aromatic N) is 3. The summed E-state index contributed by atoms with van der Waals surface area (Å²) in [6.07, 6.45) is 3.52. The Morgan fingerprint density at radius 3 is 2.39 bits per heavy atom. The first-order valence-electron chi connectivity index (χ1n) is 9.82. The van der Waals surface area contributed by atoms with Crippen molar-refractivity contribution in [3.63, 3.8) is 0 Å². The van der Waals surface area contributed by atoms with E-state index in [4.69, 9.17) is 0 Å². The summed E-state index contributed by atoms with van der Waals surface area (Å²) in [6.45, 7) is 1.74. The van der Waals surface area contributed by atoms with E-state index >= 15 is 0 Å². The molecule has 2 heterocycles. The molecule has 1 aliphatic rings. The Labute approximate surface area is 187 Å². The topological polar surface area (TPSA) is 113 Å². The van der Waals surface area contributed by atoms with Crippen molar-refractivity contribution in [2.75, 3.05) is 10.6 Å². The molecule has 1 aliphatic heterocycles. The zero-order valence-corrected chi connectivity index (χ0v) is 18.3. The van der Waals surface area contributed by atoms with E-state index in [1.54, 1.807) is 31.2 Å². The normalized spacial score (nSPS) is 19.0. The van der Waals surface area contributed by atoms with Crippen molar-refractivity contribution in [3.8, 4) is 0 Å². The fourth-order valence-electron chi connectivity index (χ4n) is 3.29. The second kappa shape index (κ2) is 9.38. The third-order valence-electron chi connectivity index (χ3n) is 5.12. The van der Waals surface area contributed by atoms with Crippen molar-refractivity contribution in [3.05, 3.63) is 71.2 Å². The Morgan fingerprint density at radius 1 is 1.06 bits per heavy atom. The molecule has 2 aromatic carbocycles. The lowest BCUT2D eigenvalue weighted by Crippen LogP contribution is -2.39. The SMILES string of the molecule is CC(C(=O)Nc1ccc(NC(=O)C2CC(c3ccc(Br)cc3)NN2)cc1)n1cncn1. The quantitative estimate of drug-likeness (QED) is 0.428. The molecule has 9 nitrogen and oxygen atoms in total. The van der Waals surface area contributed by atoms with E-state index in [-0.39, 0.29) is 23.9 Å². The minimum absolute atomic E-state index is 0.0633. The molecule has 1 fully saturated rings. The van der Waals surface area contributed by atoms with Gasteiger partial charge < -0.3 is 10.6 Å². The van der Waals surface area contributed by atoms with Crippen LogP contribution in [0, 0.1) is 0 Å². The number of rotatable bonds is 6. The zero-order valence-electron chi connectivity index (χ0n) is 16.7. The van der Waals surface area contributed by atoms with E-state index in [9.17, 15) is 9.59 Å². The van der Waals surface area contributed by atoms with E-state index < -0.39 is 6.04 Å². The highest BCUT2D eigenvalue weighted by Crippen LogP contribution is 2.24. The van der Waals surface area contributed by atoms with Gasteiger partial charge in [0.25, 0.3) is 0 Å². The lowest BCUT2D eigenvalue weighted by molar-refractivity contribution is -0.119. The average molecular weight is 484 g/mol. The van der Waals surface area contributed by atoms with E-state index in [1.165, 1.54) is 17.3 Å². The van der Waals surface area contributed by atoms with Gasteiger partial charge in [0.15, 0.2) is 0 Å². The maximum atomic E-state index is 12.6. The fourth-order valence-corrected chi connectivity index (χ4v) is 3.56. The number of hydrazine groups is 1. The second-order valence-electron chi connectivity index (χ2n) is 7.29. The first-order chi connectivity index (χ1) is 15.0. The summed E-state index contributed by atoms with van der Waals surface area (Å²) in [6, 6.07) is 14.2. The fraction of sp³-hybridized carbons (Fsp3) is 0.238. The number of nitrogens with one attached hydrogen (secondary N) is 4. The zero-order chi connectivity index (χ0) is 21.8. The van der Waals surface area contributed by atoms with Crippen molar-refractivity contribution in [2.45, 2.75) is 31.5 Å². The Hall–Kier alpha value is -3.08. The van der Waals surface area contributed by atoms with Crippen LogP contribution >= 0.6 is 15.9 Å². The monoisotopic (exact) mass is 483 g/mol. The van der Waals surface area contributed by atoms with Gasteiger partial charge in [0, 0.05) is 21.9 Å². The number of hydrogen-bond donors (Lipinski definition) is 4. The predicted molar refractivity (Wildman–Crippen MR) is 120 cm³/mol. The largest absolute Gasteiger partial charge is 0.325 e. The minimum atomic E-state index is -0.485. The predicted octanol–water partition coefficient (Wildman–Crippen LogP) is 2.79. The Kier molecular flexibility index (Phi) is 6.40. The highest BCUT2D eigenvalue weighted by atomic mass is 79.9. The van der Waals surface area contributed by atoms with Gasteiger partial charge >= 0.3 is 0 Å². The second-order valence-corrected chi connectivity index (χ2v) is 8.20. The van der Waals surface area contributed by atoms with E-state index in [1.807, 2.05) is 24.3 Å². The van der Waals surface area contributed by atoms with E-state index in [0.29, 0.717) is 17.8 Å². The number of hydrogen-bond acceptors (Lipinski definition) is 6. The summed E-state index contributed by atoms with van der Waals surface area (Å²) < 4.78 is 2.50. The number of carbonyl (C=O) groups excluding carboxylic acids is 2. The maximum absolute atomic E-state index is 12.6. The summed E-state index contributed by atoms with van der Waals surface area (Å²) in [4.78, 5) is 28.8.